The molecule has 2 amide bonds. The van der Waals surface area contributed by atoms with Crippen molar-refractivity contribution in [2.24, 2.45) is 0 Å². The van der Waals surface area contributed by atoms with E-state index in [1.54, 1.807) is 0 Å². The summed E-state index contributed by atoms with van der Waals surface area (Å²) in [5.41, 5.74) is 4.43. The van der Waals surface area contributed by atoms with Gasteiger partial charge in [-0.2, -0.15) is 0 Å². The molecule has 1 N–H and O–H groups in total. The van der Waals surface area contributed by atoms with E-state index in [2.05, 4.69) is 5.32 Å². The van der Waals surface area contributed by atoms with E-state index in [0.717, 1.165) is 49.1 Å². The van der Waals surface area contributed by atoms with Gasteiger partial charge in [-0.3, -0.25) is 9.59 Å². The van der Waals surface area contributed by atoms with Gasteiger partial charge in [-0.25, -0.2) is 0 Å². The lowest BCUT2D eigenvalue weighted by molar-refractivity contribution is 0.0857. The van der Waals surface area contributed by atoms with Crippen LogP contribution >= 0.6 is 0 Å². The Morgan fingerprint density at radius 1 is 1.11 bits per heavy atom. The quantitative estimate of drug-likeness (QED) is 0.886. The fourth-order valence-corrected chi connectivity index (χ4v) is 3.92. The van der Waals surface area contributed by atoms with Crippen molar-refractivity contribution in [1.29, 1.82) is 0 Å². The Hall–Kier alpha value is -2.66. The molecule has 28 heavy (non-hydrogen) atoms. The zero-order chi connectivity index (χ0) is 19.5. The zero-order valence-electron chi connectivity index (χ0n) is 16.2. The zero-order valence-corrected chi connectivity index (χ0v) is 16.2. The number of nitrogens with one attached hydrogen (secondary N) is 1. The fourth-order valence-electron chi connectivity index (χ4n) is 3.92. The number of hydrogen-bond donors (Lipinski definition) is 1. The summed E-state index contributed by atoms with van der Waals surface area (Å²) in [5, 5.41) is 2.97. The number of aryl methyl sites for hydroxylation is 2. The van der Waals surface area contributed by atoms with Crippen molar-refractivity contribution in [2.45, 2.75) is 38.7 Å². The SMILES string of the molecule is Cc1ccc(C(=O)N2CCCc3cc(C(=O)NC[C@H]4CCCO4)ccc32)cc1. The number of nitrogens with zero attached hydrogens (tertiary/aromatic N) is 1. The molecule has 1 saturated heterocycles. The topological polar surface area (TPSA) is 58.6 Å². The molecule has 0 aliphatic carbocycles. The van der Waals surface area contributed by atoms with E-state index in [-0.39, 0.29) is 17.9 Å². The van der Waals surface area contributed by atoms with Gasteiger partial charge < -0.3 is 15.0 Å². The van der Waals surface area contributed by atoms with Crippen LogP contribution < -0.4 is 10.2 Å². The Kier molecular flexibility index (Phi) is 5.44. The minimum Gasteiger partial charge on any atom is -0.376 e. The third kappa shape index (κ3) is 3.94. The molecule has 2 aliphatic rings. The van der Waals surface area contributed by atoms with Gasteiger partial charge in [0.2, 0.25) is 0 Å². The van der Waals surface area contributed by atoms with Gasteiger partial charge in [0.15, 0.2) is 0 Å². The monoisotopic (exact) mass is 378 g/mol. The summed E-state index contributed by atoms with van der Waals surface area (Å²) >= 11 is 0. The van der Waals surface area contributed by atoms with Gasteiger partial charge in [0, 0.05) is 36.5 Å². The van der Waals surface area contributed by atoms with Crippen molar-refractivity contribution in [3.63, 3.8) is 0 Å². The number of anilines is 1. The van der Waals surface area contributed by atoms with Gasteiger partial charge >= 0.3 is 0 Å². The average Bonchev–Trinajstić information content (AvgIpc) is 3.25. The number of fused-ring (bicyclic) bond motifs is 1. The molecule has 2 aromatic rings. The predicted molar refractivity (Wildman–Crippen MR) is 109 cm³/mol. The predicted octanol–water partition coefficient (Wildman–Crippen LogP) is 3.50. The van der Waals surface area contributed by atoms with Crippen LogP contribution in [0.5, 0.6) is 0 Å². The molecule has 0 spiro atoms. The molecule has 146 valence electrons. The molecule has 0 saturated carbocycles. The maximum absolute atomic E-state index is 13.0. The second-order valence-corrected chi connectivity index (χ2v) is 7.61. The van der Waals surface area contributed by atoms with Crippen LogP contribution in [0.3, 0.4) is 0 Å². The van der Waals surface area contributed by atoms with Crippen molar-refractivity contribution in [3.8, 4) is 0 Å². The van der Waals surface area contributed by atoms with Crippen LogP contribution in [-0.2, 0) is 11.2 Å². The van der Waals surface area contributed by atoms with Gasteiger partial charge in [-0.05, 0) is 68.5 Å². The molecular weight excluding hydrogens is 352 g/mol. The summed E-state index contributed by atoms with van der Waals surface area (Å²) in [6.07, 6.45) is 3.96. The number of hydrogen-bond acceptors (Lipinski definition) is 3. The lowest BCUT2D eigenvalue weighted by Gasteiger charge is -2.30. The molecule has 0 aromatic heterocycles. The molecule has 2 heterocycles. The number of rotatable bonds is 4. The number of carbonyl (C=O) groups is 2. The first-order chi connectivity index (χ1) is 13.6. The Morgan fingerprint density at radius 2 is 1.89 bits per heavy atom. The van der Waals surface area contributed by atoms with Gasteiger partial charge in [0.1, 0.15) is 0 Å². The molecule has 1 fully saturated rings. The standard InChI is InChI=1S/C23H26N2O3/c1-16-6-8-17(9-7-16)23(27)25-12-2-4-18-14-19(10-11-21(18)25)22(26)24-15-20-5-3-13-28-20/h6-11,14,20H,2-5,12-13,15H2,1H3,(H,24,26)/t20-/m1/s1. The fraction of sp³-hybridized carbons (Fsp3) is 0.391. The van der Waals surface area contributed by atoms with E-state index in [1.165, 1.54) is 0 Å². The minimum absolute atomic E-state index is 0.0107. The Morgan fingerprint density at radius 3 is 2.64 bits per heavy atom. The average molecular weight is 378 g/mol. The number of amides is 2. The molecule has 2 aromatic carbocycles. The Bertz CT molecular complexity index is 870. The lowest BCUT2D eigenvalue weighted by atomic mass is 9.98. The molecule has 2 aliphatic heterocycles. The van der Waals surface area contributed by atoms with E-state index >= 15 is 0 Å². The van der Waals surface area contributed by atoms with Gasteiger partial charge in [-0.1, -0.05) is 17.7 Å². The van der Waals surface area contributed by atoms with Crippen LogP contribution in [0.2, 0.25) is 0 Å². The highest BCUT2D eigenvalue weighted by Crippen LogP contribution is 2.29. The summed E-state index contributed by atoms with van der Waals surface area (Å²) < 4.78 is 5.56. The van der Waals surface area contributed by atoms with E-state index in [0.29, 0.717) is 24.2 Å². The van der Waals surface area contributed by atoms with E-state index in [9.17, 15) is 9.59 Å². The highest BCUT2D eigenvalue weighted by atomic mass is 16.5. The van der Waals surface area contributed by atoms with Crippen LogP contribution in [0.15, 0.2) is 42.5 Å². The first kappa shape index (κ1) is 18.7. The Labute approximate surface area is 165 Å². The van der Waals surface area contributed by atoms with Crippen molar-refractivity contribution >= 4 is 17.5 Å². The van der Waals surface area contributed by atoms with Crippen LogP contribution in [-0.4, -0.2) is 37.6 Å². The second-order valence-electron chi connectivity index (χ2n) is 7.61. The van der Waals surface area contributed by atoms with Crippen molar-refractivity contribution in [2.75, 3.05) is 24.6 Å². The third-order valence-corrected chi connectivity index (χ3v) is 5.52. The maximum atomic E-state index is 13.0. The van der Waals surface area contributed by atoms with Crippen molar-refractivity contribution < 1.29 is 14.3 Å². The van der Waals surface area contributed by atoms with Gasteiger partial charge in [0.05, 0.1) is 6.10 Å². The highest BCUT2D eigenvalue weighted by molar-refractivity contribution is 6.07. The first-order valence-corrected chi connectivity index (χ1v) is 10.0. The smallest absolute Gasteiger partial charge is 0.258 e. The molecule has 0 radical (unpaired) electrons. The molecule has 5 nitrogen and oxygen atoms in total. The number of benzene rings is 2. The van der Waals surface area contributed by atoms with E-state index in [4.69, 9.17) is 4.74 Å². The Balaban J connectivity index is 1.49. The van der Waals surface area contributed by atoms with Crippen LogP contribution in [0.25, 0.3) is 0 Å². The van der Waals surface area contributed by atoms with Gasteiger partial charge in [-0.15, -0.1) is 0 Å². The molecule has 4 rings (SSSR count). The number of ether oxygens (including phenoxy) is 1. The largest absolute Gasteiger partial charge is 0.376 e. The molecule has 5 heteroatoms. The molecule has 0 unspecified atom stereocenters. The van der Waals surface area contributed by atoms with E-state index < -0.39 is 0 Å². The normalized spacial score (nSPS) is 18.6. The minimum atomic E-state index is -0.0831. The summed E-state index contributed by atoms with van der Waals surface area (Å²) in [6.45, 7) is 4.04. The first-order valence-electron chi connectivity index (χ1n) is 10.0. The summed E-state index contributed by atoms with van der Waals surface area (Å²) in [7, 11) is 0. The molecule has 1 atom stereocenters. The van der Waals surface area contributed by atoms with Crippen LogP contribution in [0.1, 0.15) is 51.1 Å². The lowest BCUT2D eigenvalue weighted by Crippen LogP contribution is -2.36. The third-order valence-electron chi connectivity index (χ3n) is 5.52. The van der Waals surface area contributed by atoms with Crippen LogP contribution in [0, 0.1) is 6.92 Å². The summed E-state index contributed by atoms with van der Waals surface area (Å²) in [6, 6.07) is 13.3. The van der Waals surface area contributed by atoms with Gasteiger partial charge in [0.25, 0.3) is 11.8 Å². The maximum Gasteiger partial charge on any atom is 0.258 e. The highest BCUT2D eigenvalue weighted by Gasteiger charge is 2.25. The molecule has 0 bridgehead atoms. The van der Waals surface area contributed by atoms with Crippen LogP contribution in [0.4, 0.5) is 5.69 Å². The molecular formula is C23H26N2O3. The summed E-state index contributed by atoms with van der Waals surface area (Å²) in [5.74, 6) is -0.0724. The number of carbonyl (C=O) groups excluding carboxylic acids is 2. The van der Waals surface area contributed by atoms with Crippen molar-refractivity contribution in [1.82, 2.24) is 5.32 Å². The van der Waals surface area contributed by atoms with Crippen molar-refractivity contribution in [3.05, 3.63) is 64.7 Å². The second kappa shape index (κ2) is 8.15. The summed E-state index contributed by atoms with van der Waals surface area (Å²) in [4.78, 5) is 27.3. The van der Waals surface area contributed by atoms with E-state index in [1.807, 2.05) is 54.3 Å².